The molecule has 1 atom stereocenters. The van der Waals surface area contributed by atoms with Crippen LogP contribution in [0.2, 0.25) is 0 Å². The summed E-state index contributed by atoms with van der Waals surface area (Å²) in [5.74, 6) is 0.153. The average Bonchev–Trinajstić information content (AvgIpc) is 2.87. The second-order valence-corrected chi connectivity index (χ2v) is 5.88. The van der Waals surface area contributed by atoms with Crippen LogP contribution in [0.25, 0.3) is 0 Å². The lowest BCUT2D eigenvalue weighted by Crippen LogP contribution is -2.20. The summed E-state index contributed by atoms with van der Waals surface area (Å²) < 4.78 is 9.16. The second-order valence-electron chi connectivity index (χ2n) is 5.13. The van der Waals surface area contributed by atoms with Gasteiger partial charge in [0, 0.05) is 17.9 Å². The van der Waals surface area contributed by atoms with Gasteiger partial charge in [0.15, 0.2) is 5.78 Å². The fourth-order valence-electron chi connectivity index (χ4n) is 1.77. The smallest absolute Gasteiger partial charge is 0.181 e. The van der Waals surface area contributed by atoms with Gasteiger partial charge in [0.05, 0.1) is 12.3 Å². The first-order chi connectivity index (χ1) is 7.50. The number of nitrogens with zero attached hydrogens (tertiary/aromatic N) is 2. The first-order valence-corrected chi connectivity index (χ1v) is 6.22. The molecule has 0 spiro atoms. The predicted molar refractivity (Wildman–Crippen MR) is 61.9 cm³/mol. The van der Waals surface area contributed by atoms with Crippen molar-refractivity contribution in [3.63, 3.8) is 0 Å². The van der Waals surface area contributed by atoms with Crippen LogP contribution in [0.5, 0.6) is 0 Å². The monoisotopic (exact) mass is 240 g/mol. The van der Waals surface area contributed by atoms with Gasteiger partial charge in [-0.15, -0.1) is 5.10 Å². The van der Waals surface area contributed by atoms with Crippen LogP contribution in [0, 0.1) is 5.92 Å². The van der Waals surface area contributed by atoms with E-state index in [-0.39, 0.29) is 17.1 Å². The van der Waals surface area contributed by atoms with Crippen LogP contribution in [-0.2, 0) is 10.2 Å². The maximum atomic E-state index is 12.2. The first-order valence-electron chi connectivity index (χ1n) is 5.45. The van der Waals surface area contributed by atoms with Gasteiger partial charge in [-0.05, 0) is 18.0 Å². The van der Waals surface area contributed by atoms with Gasteiger partial charge in [-0.1, -0.05) is 25.3 Å². The highest BCUT2D eigenvalue weighted by Crippen LogP contribution is 2.29. The molecule has 5 heteroatoms. The van der Waals surface area contributed by atoms with Crippen LogP contribution in [0.15, 0.2) is 0 Å². The second kappa shape index (κ2) is 4.22. The van der Waals surface area contributed by atoms with Gasteiger partial charge in [-0.2, -0.15) is 0 Å². The van der Waals surface area contributed by atoms with Crippen molar-refractivity contribution in [1.82, 2.24) is 9.59 Å². The quantitative estimate of drug-likeness (QED) is 0.742. The predicted octanol–water partition coefficient (Wildman–Crippen LogP) is 2.05. The Morgan fingerprint density at radius 1 is 1.50 bits per heavy atom. The SMILES string of the molecule is CC(C)(C)c1nnsc1C(=O)C1CCOC1. The van der Waals surface area contributed by atoms with Gasteiger partial charge in [-0.25, -0.2) is 0 Å². The van der Waals surface area contributed by atoms with Crippen LogP contribution in [-0.4, -0.2) is 28.6 Å². The molecule has 1 aliphatic rings. The minimum atomic E-state index is -0.128. The summed E-state index contributed by atoms with van der Waals surface area (Å²) in [4.78, 5) is 12.9. The number of hydrogen-bond acceptors (Lipinski definition) is 5. The number of ether oxygens (including phenoxy) is 1. The Kier molecular flexibility index (Phi) is 3.08. The van der Waals surface area contributed by atoms with Crippen LogP contribution in [0.4, 0.5) is 0 Å². The summed E-state index contributed by atoms with van der Waals surface area (Å²) in [6, 6.07) is 0. The third-order valence-corrected chi connectivity index (χ3v) is 3.46. The number of Topliss-reactive ketones (excluding diaryl/α,β-unsaturated/α-hetero) is 1. The molecule has 0 aliphatic carbocycles. The number of aromatic nitrogens is 2. The minimum Gasteiger partial charge on any atom is -0.381 e. The van der Waals surface area contributed by atoms with E-state index in [1.165, 1.54) is 11.5 Å². The van der Waals surface area contributed by atoms with Gasteiger partial charge < -0.3 is 4.74 Å². The molecule has 1 saturated heterocycles. The zero-order valence-corrected chi connectivity index (χ0v) is 10.6. The standard InChI is InChI=1S/C11H16N2O2S/c1-11(2,3)10-9(16-13-12-10)8(14)7-4-5-15-6-7/h7H,4-6H2,1-3H3. The Bertz CT molecular complexity index is 389. The van der Waals surface area contributed by atoms with E-state index < -0.39 is 0 Å². The Labute approximate surface area is 99.2 Å². The van der Waals surface area contributed by atoms with Crippen molar-refractivity contribution in [2.75, 3.05) is 13.2 Å². The summed E-state index contributed by atoms with van der Waals surface area (Å²) in [6.07, 6.45) is 0.820. The lowest BCUT2D eigenvalue weighted by molar-refractivity contribution is 0.0902. The lowest BCUT2D eigenvalue weighted by Gasteiger charge is -2.16. The summed E-state index contributed by atoms with van der Waals surface area (Å²) in [6.45, 7) is 7.37. The van der Waals surface area contributed by atoms with E-state index in [0.29, 0.717) is 18.1 Å². The molecule has 2 heterocycles. The molecule has 0 saturated carbocycles. The molecular formula is C11H16N2O2S. The molecule has 0 N–H and O–H groups in total. The molecule has 16 heavy (non-hydrogen) atoms. The normalized spacial score (nSPS) is 21.3. The number of carbonyl (C=O) groups excluding carboxylic acids is 1. The largest absolute Gasteiger partial charge is 0.381 e. The van der Waals surface area contributed by atoms with Crippen LogP contribution < -0.4 is 0 Å². The molecule has 1 fully saturated rings. The van der Waals surface area contributed by atoms with Gasteiger partial charge >= 0.3 is 0 Å². The van der Waals surface area contributed by atoms with Crippen LogP contribution in [0.3, 0.4) is 0 Å². The van der Waals surface area contributed by atoms with Crippen molar-refractivity contribution < 1.29 is 9.53 Å². The van der Waals surface area contributed by atoms with Crippen LogP contribution >= 0.6 is 11.5 Å². The van der Waals surface area contributed by atoms with Gasteiger partial charge in [0.25, 0.3) is 0 Å². The zero-order valence-electron chi connectivity index (χ0n) is 9.82. The molecule has 0 aromatic carbocycles. The number of carbonyl (C=O) groups is 1. The maximum absolute atomic E-state index is 12.2. The summed E-state index contributed by atoms with van der Waals surface area (Å²) >= 11 is 1.21. The van der Waals surface area contributed by atoms with Crippen LogP contribution in [0.1, 0.15) is 42.6 Å². The van der Waals surface area contributed by atoms with E-state index >= 15 is 0 Å². The molecule has 0 amide bonds. The molecule has 4 nitrogen and oxygen atoms in total. The van der Waals surface area contributed by atoms with Gasteiger partial charge in [0.2, 0.25) is 0 Å². The summed E-state index contributed by atoms with van der Waals surface area (Å²) in [5, 5.41) is 4.09. The Balaban J connectivity index is 2.26. The zero-order chi connectivity index (χ0) is 11.8. The Morgan fingerprint density at radius 3 is 2.81 bits per heavy atom. The highest BCUT2D eigenvalue weighted by molar-refractivity contribution is 7.08. The van der Waals surface area contributed by atoms with E-state index in [2.05, 4.69) is 9.59 Å². The molecule has 1 aromatic rings. The van der Waals surface area contributed by atoms with Gasteiger partial charge in [-0.3, -0.25) is 4.79 Å². The molecule has 1 unspecified atom stereocenters. The molecule has 1 aromatic heterocycles. The van der Waals surface area contributed by atoms with Gasteiger partial charge in [0.1, 0.15) is 4.88 Å². The number of ketones is 1. The lowest BCUT2D eigenvalue weighted by atomic mass is 9.89. The molecule has 2 rings (SSSR count). The van der Waals surface area contributed by atoms with Crippen molar-refractivity contribution in [2.45, 2.75) is 32.6 Å². The topological polar surface area (TPSA) is 52.1 Å². The minimum absolute atomic E-state index is 0.00310. The van der Waals surface area contributed by atoms with E-state index in [0.717, 1.165) is 12.1 Å². The molecular weight excluding hydrogens is 224 g/mol. The molecule has 88 valence electrons. The third-order valence-electron chi connectivity index (χ3n) is 2.72. The van der Waals surface area contributed by atoms with Crippen molar-refractivity contribution in [3.05, 3.63) is 10.6 Å². The van der Waals surface area contributed by atoms with Crippen molar-refractivity contribution in [2.24, 2.45) is 5.92 Å². The van der Waals surface area contributed by atoms with E-state index in [4.69, 9.17) is 4.74 Å². The fraction of sp³-hybridized carbons (Fsp3) is 0.727. The van der Waals surface area contributed by atoms with E-state index in [1.54, 1.807) is 0 Å². The average molecular weight is 240 g/mol. The van der Waals surface area contributed by atoms with E-state index in [1.807, 2.05) is 20.8 Å². The summed E-state index contributed by atoms with van der Waals surface area (Å²) in [7, 11) is 0. The maximum Gasteiger partial charge on any atom is 0.181 e. The van der Waals surface area contributed by atoms with Crippen molar-refractivity contribution in [3.8, 4) is 0 Å². The van der Waals surface area contributed by atoms with Crippen molar-refractivity contribution >= 4 is 17.3 Å². The molecule has 0 bridgehead atoms. The fourth-order valence-corrected chi connectivity index (χ4v) is 2.66. The highest BCUT2D eigenvalue weighted by Gasteiger charge is 2.32. The van der Waals surface area contributed by atoms with Crippen molar-refractivity contribution in [1.29, 1.82) is 0 Å². The summed E-state index contributed by atoms with van der Waals surface area (Å²) in [5.41, 5.74) is 0.687. The Morgan fingerprint density at radius 2 is 2.25 bits per heavy atom. The third kappa shape index (κ3) is 2.15. The molecule has 1 aliphatic heterocycles. The highest BCUT2D eigenvalue weighted by atomic mass is 32.1. The number of hydrogen-bond donors (Lipinski definition) is 0. The number of rotatable bonds is 2. The van der Waals surface area contributed by atoms with E-state index in [9.17, 15) is 4.79 Å². The molecule has 0 radical (unpaired) electrons. The first kappa shape index (κ1) is 11.7. The Hall–Kier alpha value is -0.810.